The highest BCUT2D eigenvalue weighted by Gasteiger charge is 2.16. The Balaban J connectivity index is 1.32. The third kappa shape index (κ3) is 4.48. The number of thioether (sulfide) groups is 1. The molecule has 0 aliphatic heterocycles. The molecule has 0 aliphatic rings. The second-order valence-electron chi connectivity index (χ2n) is 6.72. The van der Waals surface area contributed by atoms with Crippen molar-refractivity contribution < 1.29 is 9.21 Å². The van der Waals surface area contributed by atoms with E-state index in [9.17, 15) is 4.79 Å². The molecule has 0 spiro atoms. The summed E-state index contributed by atoms with van der Waals surface area (Å²) in [6.45, 7) is 0. The zero-order chi connectivity index (χ0) is 21.8. The van der Waals surface area contributed by atoms with E-state index >= 15 is 0 Å². The molecular weight excluding hydrogens is 442 g/mol. The molecule has 0 fully saturated rings. The van der Waals surface area contributed by atoms with Gasteiger partial charge in [0.2, 0.25) is 5.91 Å². The van der Waals surface area contributed by atoms with Crippen molar-refractivity contribution in [3.63, 3.8) is 0 Å². The molecule has 0 saturated carbocycles. The first-order valence-corrected chi connectivity index (χ1v) is 11.6. The van der Waals surface area contributed by atoms with Gasteiger partial charge in [-0.15, -0.1) is 21.5 Å². The quantitative estimate of drug-likeness (QED) is 0.329. The fourth-order valence-corrected chi connectivity index (χ4v) is 4.27. The van der Waals surface area contributed by atoms with E-state index in [1.807, 2.05) is 84.2 Å². The van der Waals surface area contributed by atoms with Gasteiger partial charge in [-0.3, -0.25) is 4.79 Å². The molecule has 9 heteroatoms. The topological polar surface area (TPSA) is 85.8 Å². The van der Waals surface area contributed by atoms with Crippen LogP contribution in [-0.4, -0.2) is 31.6 Å². The lowest BCUT2D eigenvalue weighted by molar-refractivity contribution is -0.113. The number of nitrogens with zero attached hydrogens (tertiary/aromatic N) is 4. The van der Waals surface area contributed by atoms with Gasteiger partial charge in [-0.05, 0) is 23.6 Å². The SMILES string of the molecule is O=C(CSc1nnc(-c2cccs2)o1)Nc1cc(-c2ccccc2)nn1-c1ccccc1. The van der Waals surface area contributed by atoms with Crippen LogP contribution in [0.15, 0.2) is 93.9 Å². The molecule has 2 aromatic carbocycles. The van der Waals surface area contributed by atoms with Gasteiger partial charge in [-0.25, -0.2) is 4.68 Å². The maximum absolute atomic E-state index is 12.7. The molecule has 5 rings (SSSR count). The number of aromatic nitrogens is 4. The van der Waals surface area contributed by atoms with Crippen molar-refractivity contribution in [3.8, 4) is 27.7 Å². The summed E-state index contributed by atoms with van der Waals surface area (Å²) in [4.78, 5) is 13.6. The smallest absolute Gasteiger partial charge is 0.277 e. The number of amides is 1. The Morgan fingerprint density at radius 3 is 2.53 bits per heavy atom. The van der Waals surface area contributed by atoms with E-state index < -0.39 is 0 Å². The van der Waals surface area contributed by atoms with Gasteiger partial charge >= 0.3 is 0 Å². The molecule has 32 heavy (non-hydrogen) atoms. The van der Waals surface area contributed by atoms with E-state index in [1.54, 1.807) is 4.68 Å². The van der Waals surface area contributed by atoms with Crippen LogP contribution in [0, 0.1) is 0 Å². The summed E-state index contributed by atoms with van der Waals surface area (Å²) in [7, 11) is 0. The van der Waals surface area contributed by atoms with Crippen LogP contribution >= 0.6 is 23.1 Å². The number of rotatable bonds is 7. The molecule has 0 unspecified atom stereocenters. The number of hydrogen-bond acceptors (Lipinski definition) is 7. The first-order chi connectivity index (χ1) is 15.8. The Kier molecular flexibility index (Phi) is 5.82. The van der Waals surface area contributed by atoms with Gasteiger partial charge < -0.3 is 9.73 Å². The van der Waals surface area contributed by atoms with Crippen LogP contribution in [-0.2, 0) is 4.79 Å². The Morgan fingerprint density at radius 1 is 1.00 bits per heavy atom. The number of thiophene rings is 1. The first-order valence-electron chi connectivity index (χ1n) is 9.77. The lowest BCUT2D eigenvalue weighted by Crippen LogP contribution is -2.16. The number of nitrogens with one attached hydrogen (secondary N) is 1. The second kappa shape index (κ2) is 9.21. The molecule has 0 atom stereocenters. The lowest BCUT2D eigenvalue weighted by Gasteiger charge is -2.08. The van der Waals surface area contributed by atoms with Crippen LogP contribution in [0.5, 0.6) is 0 Å². The Bertz CT molecular complexity index is 1320. The highest BCUT2D eigenvalue weighted by molar-refractivity contribution is 7.99. The molecule has 0 saturated heterocycles. The van der Waals surface area contributed by atoms with Crippen LogP contribution < -0.4 is 5.32 Å². The van der Waals surface area contributed by atoms with Crippen molar-refractivity contribution in [2.75, 3.05) is 11.1 Å². The van der Waals surface area contributed by atoms with Crippen LogP contribution in [0.25, 0.3) is 27.7 Å². The van der Waals surface area contributed by atoms with Crippen molar-refractivity contribution >= 4 is 34.8 Å². The molecule has 0 aliphatic carbocycles. The van der Waals surface area contributed by atoms with Crippen LogP contribution in [0.2, 0.25) is 0 Å². The fourth-order valence-electron chi connectivity index (χ4n) is 3.06. The lowest BCUT2D eigenvalue weighted by atomic mass is 10.2. The predicted octanol–water partition coefficient (Wildman–Crippen LogP) is 5.38. The van der Waals surface area contributed by atoms with Crippen molar-refractivity contribution in [2.24, 2.45) is 0 Å². The summed E-state index contributed by atoms with van der Waals surface area (Å²) in [5.74, 6) is 0.984. The van der Waals surface area contributed by atoms with E-state index in [1.165, 1.54) is 23.1 Å². The number of hydrogen-bond donors (Lipinski definition) is 1. The molecule has 3 heterocycles. The van der Waals surface area contributed by atoms with Gasteiger partial charge in [-0.2, -0.15) is 5.10 Å². The number of benzene rings is 2. The van der Waals surface area contributed by atoms with Gasteiger partial charge in [0.15, 0.2) is 0 Å². The Labute approximate surface area is 192 Å². The molecule has 1 N–H and O–H groups in total. The van der Waals surface area contributed by atoms with Crippen LogP contribution in [0.1, 0.15) is 0 Å². The van der Waals surface area contributed by atoms with E-state index in [0.29, 0.717) is 16.9 Å². The predicted molar refractivity (Wildman–Crippen MR) is 126 cm³/mol. The molecule has 0 bridgehead atoms. The molecule has 1 amide bonds. The van der Waals surface area contributed by atoms with E-state index in [2.05, 4.69) is 15.5 Å². The molecular formula is C23H17N5O2S2. The van der Waals surface area contributed by atoms with Gasteiger partial charge in [0.1, 0.15) is 5.82 Å². The number of anilines is 1. The summed E-state index contributed by atoms with van der Waals surface area (Å²) in [5, 5.41) is 18.0. The third-order valence-corrected chi connectivity index (χ3v) is 6.19. The average Bonchev–Trinajstić information content (AvgIpc) is 3.59. The Morgan fingerprint density at radius 2 is 1.78 bits per heavy atom. The van der Waals surface area contributed by atoms with Crippen molar-refractivity contribution in [1.29, 1.82) is 0 Å². The molecule has 5 aromatic rings. The number of para-hydroxylation sites is 1. The largest absolute Gasteiger partial charge is 0.410 e. The van der Waals surface area contributed by atoms with E-state index in [-0.39, 0.29) is 11.7 Å². The highest BCUT2D eigenvalue weighted by atomic mass is 32.2. The van der Waals surface area contributed by atoms with Gasteiger partial charge in [0.05, 0.1) is 22.0 Å². The maximum Gasteiger partial charge on any atom is 0.277 e. The minimum Gasteiger partial charge on any atom is -0.410 e. The summed E-state index contributed by atoms with van der Waals surface area (Å²) in [5.41, 5.74) is 2.60. The van der Waals surface area contributed by atoms with Crippen LogP contribution in [0.4, 0.5) is 5.82 Å². The maximum atomic E-state index is 12.7. The monoisotopic (exact) mass is 459 g/mol. The minimum absolute atomic E-state index is 0.132. The molecule has 3 aromatic heterocycles. The standard InChI is InChI=1S/C23H17N5O2S2/c29-21(15-32-23-26-25-22(30-23)19-12-7-13-31-19)24-20-14-18(16-8-3-1-4-9-16)27-28(20)17-10-5-2-6-11-17/h1-14H,15H2,(H,24,29). The van der Waals surface area contributed by atoms with E-state index in [0.717, 1.165) is 21.8 Å². The minimum atomic E-state index is -0.192. The highest BCUT2D eigenvalue weighted by Crippen LogP contribution is 2.27. The molecule has 0 radical (unpaired) electrons. The van der Waals surface area contributed by atoms with Crippen molar-refractivity contribution in [1.82, 2.24) is 20.0 Å². The van der Waals surface area contributed by atoms with Gasteiger partial charge in [0, 0.05) is 11.6 Å². The van der Waals surface area contributed by atoms with Gasteiger partial charge in [0.25, 0.3) is 11.1 Å². The summed E-state index contributed by atoms with van der Waals surface area (Å²) in [6, 6.07) is 25.2. The van der Waals surface area contributed by atoms with Crippen molar-refractivity contribution in [3.05, 3.63) is 84.2 Å². The summed E-state index contributed by atoms with van der Waals surface area (Å²) in [6.07, 6.45) is 0. The molecule has 158 valence electrons. The Hall–Kier alpha value is -3.69. The average molecular weight is 460 g/mol. The zero-order valence-electron chi connectivity index (χ0n) is 16.7. The zero-order valence-corrected chi connectivity index (χ0v) is 18.3. The summed E-state index contributed by atoms with van der Waals surface area (Å²) >= 11 is 2.71. The van der Waals surface area contributed by atoms with Crippen LogP contribution in [0.3, 0.4) is 0 Å². The van der Waals surface area contributed by atoms with Crippen molar-refractivity contribution in [2.45, 2.75) is 5.22 Å². The van der Waals surface area contributed by atoms with Gasteiger partial charge in [-0.1, -0.05) is 66.4 Å². The summed E-state index contributed by atoms with van der Waals surface area (Å²) < 4.78 is 7.37. The third-order valence-electron chi connectivity index (χ3n) is 4.51. The molecule has 7 nitrogen and oxygen atoms in total. The second-order valence-corrected chi connectivity index (χ2v) is 8.59. The number of carbonyl (C=O) groups is 1. The number of carbonyl (C=O) groups excluding carboxylic acids is 1. The van der Waals surface area contributed by atoms with E-state index in [4.69, 9.17) is 9.52 Å². The fraction of sp³-hybridized carbons (Fsp3) is 0.0435. The normalized spacial score (nSPS) is 10.9. The first kappa shape index (κ1) is 20.2.